The van der Waals surface area contributed by atoms with Crippen LogP contribution in [0.25, 0.3) is 0 Å². The Bertz CT molecular complexity index is 420. The van der Waals surface area contributed by atoms with Crippen molar-refractivity contribution in [3.63, 3.8) is 0 Å². The Morgan fingerprint density at radius 3 is 1.38 bits per heavy atom. The zero-order valence-corrected chi connectivity index (χ0v) is 24.0. The minimum Gasteiger partial charge on any atom is -0.353 e. The van der Waals surface area contributed by atoms with Crippen molar-refractivity contribution in [3.8, 4) is 0 Å². The first-order valence-electron chi connectivity index (χ1n) is 7.49. The molecule has 0 aliphatic rings. The molecule has 0 bridgehead atoms. The van der Waals surface area contributed by atoms with Gasteiger partial charge in [0.05, 0.1) is 0 Å². The van der Waals surface area contributed by atoms with Crippen molar-refractivity contribution in [1.82, 2.24) is 15.0 Å². The lowest BCUT2D eigenvalue weighted by Gasteiger charge is -2.25. The molecule has 138 valence electrons. The number of anilines is 3. The van der Waals surface area contributed by atoms with E-state index in [2.05, 4.69) is 138 Å². The van der Waals surface area contributed by atoms with Crippen LogP contribution in [0.5, 0.6) is 0 Å². The molecule has 1 rings (SSSR count). The van der Waals surface area contributed by atoms with Crippen LogP contribution in [0.3, 0.4) is 0 Å². The second-order valence-electron chi connectivity index (χ2n) is 4.60. The lowest BCUT2D eigenvalue weighted by Crippen LogP contribution is -2.33. The molecule has 0 aliphatic carbocycles. The van der Waals surface area contributed by atoms with Crippen molar-refractivity contribution in [3.05, 3.63) is 0 Å². The van der Waals surface area contributed by atoms with Crippen LogP contribution in [-0.2, 0) is 0 Å². The van der Waals surface area contributed by atoms with E-state index in [1.807, 2.05) is 0 Å². The molecular formula is C13H21I5N6. The molecule has 1 N–H and O–H groups in total. The van der Waals surface area contributed by atoms with E-state index in [9.17, 15) is 0 Å². The molecule has 0 atom stereocenters. The van der Waals surface area contributed by atoms with E-state index in [0.717, 1.165) is 66.8 Å². The number of alkyl halides is 5. The lowest BCUT2D eigenvalue weighted by molar-refractivity contribution is 0.793. The van der Waals surface area contributed by atoms with Crippen molar-refractivity contribution in [2.75, 3.05) is 70.0 Å². The standard InChI is InChI=1S/C13H21I5N6/c14-1-6-19-11-20-12(23(7-2-15)8-3-16)22-13(21-11)24(9-4-17)10-5-18/h1-10H2,(H,19,20,21,22). The molecule has 1 heterocycles. The summed E-state index contributed by atoms with van der Waals surface area (Å²) in [6, 6.07) is 0. The molecule has 1 aromatic heterocycles. The van der Waals surface area contributed by atoms with Crippen molar-refractivity contribution < 1.29 is 0 Å². The normalized spacial score (nSPS) is 10.7. The number of rotatable bonds is 13. The summed E-state index contributed by atoms with van der Waals surface area (Å²) in [5.41, 5.74) is 0. The SMILES string of the molecule is ICCNc1nc(N(CCI)CCI)nc(N(CCI)CCI)n1. The van der Waals surface area contributed by atoms with Gasteiger partial charge >= 0.3 is 0 Å². The molecule has 0 radical (unpaired) electrons. The zero-order valence-electron chi connectivity index (χ0n) is 13.2. The predicted molar refractivity (Wildman–Crippen MR) is 147 cm³/mol. The molecule has 0 aromatic carbocycles. The molecular weight excluding hydrogens is 875 g/mol. The smallest absolute Gasteiger partial charge is 0.232 e. The summed E-state index contributed by atoms with van der Waals surface area (Å²) in [6.45, 7) is 4.68. The van der Waals surface area contributed by atoms with Gasteiger partial charge in [-0.1, -0.05) is 113 Å². The van der Waals surface area contributed by atoms with Gasteiger partial charge in [0.2, 0.25) is 17.8 Å². The highest BCUT2D eigenvalue weighted by Crippen LogP contribution is 2.18. The van der Waals surface area contributed by atoms with Crippen LogP contribution in [0.1, 0.15) is 0 Å². The minimum atomic E-state index is 0.686. The monoisotopic (exact) mass is 896 g/mol. The quantitative estimate of drug-likeness (QED) is 0.239. The second-order valence-corrected chi connectivity index (χ2v) is 10.00. The Morgan fingerprint density at radius 2 is 1.04 bits per heavy atom. The van der Waals surface area contributed by atoms with Crippen LogP contribution >= 0.6 is 113 Å². The summed E-state index contributed by atoms with van der Waals surface area (Å²) in [5, 5.41) is 3.32. The molecule has 0 aliphatic heterocycles. The van der Waals surface area contributed by atoms with E-state index in [1.165, 1.54) is 0 Å². The molecule has 0 amide bonds. The third-order valence-electron chi connectivity index (χ3n) is 2.97. The summed E-state index contributed by atoms with van der Waals surface area (Å²) in [6.07, 6.45) is 0. The Morgan fingerprint density at radius 1 is 0.625 bits per heavy atom. The van der Waals surface area contributed by atoms with Crippen LogP contribution in [-0.4, -0.2) is 69.8 Å². The zero-order chi connectivity index (χ0) is 17.8. The number of hydrogen-bond acceptors (Lipinski definition) is 6. The molecule has 24 heavy (non-hydrogen) atoms. The Hall–Kier alpha value is 2.06. The van der Waals surface area contributed by atoms with Gasteiger partial charge in [-0.3, -0.25) is 0 Å². The van der Waals surface area contributed by atoms with Gasteiger partial charge in [-0.25, -0.2) is 0 Å². The van der Waals surface area contributed by atoms with Crippen LogP contribution in [0.4, 0.5) is 17.8 Å². The van der Waals surface area contributed by atoms with Gasteiger partial charge in [-0.15, -0.1) is 0 Å². The van der Waals surface area contributed by atoms with Crippen molar-refractivity contribution in [2.24, 2.45) is 0 Å². The molecule has 0 saturated carbocycles. The Balaban J connectivity index is 3.17. The molecule has 0 unspecified atom stereocenters. The highest BCUT2D eigenvalue weighted by Gasteiger charge is 2.16. The summed E-state index contributed by atoms with van der Waals surface area (Å²) in [4.78, 5) is 18.6. The topological polar surface area (TPSA) is 57.2 Å². The molecule has 1 aromatic rings. The first-order chi connectivity index (χ1) is 11.7. The van der Waals surface area contributed by atoms with Gasteiger partial charge in [0.25, 0.3) is 0 Å². The third-order valence-corrected chi connectivity index (χ3v) is 5.44. The average molecular weight is 896 g/mol. The van der Waals surface area contributed by atoms with Gasteiger partial charge in [-0.05, 0) is 0 Å². The van der Waals surface area contributed by atoms with E-state index < -0.39 is 0 Å². The predicted octanol–water partition coefficient (Wildman–Crippen LogP) is 4.07. The summed E-state index contributed by atoms with van der Waals surface area (Å²) in [5.74, 6) is 2.26. The lowest BCUT2D eigenvalue weighted by atomic mass is 10.5. The van der Waals surface area contributed by atoms with Gasteiger partial charge in [0.1, 0.15) is 0 Å². The van der Waals surface area contributed by atoms with Crippen LogP contribution in [0.2, 0.25) is 0 Å². The number of nitrogens with zero attached hydrogens (tertiary/aromatic N) is 5. The van der Waals surface area contributed by atoms with Gasteiger partial charge in [-0.2, -0.15) is 15.0 Å². The van der Waals surface area contributed by atoms with Crippen molar-refractivity contribution in [1.29, 1.82) is 0 Å². The first kappa shape index (κ1) is 24.1. The van der Waals surface area contributed by atoms with Crippen LogP contribution in [0.15, 0.2) is 0 Å². The average Bonchev–Trinajstić information content (AvgIpc) is 2.59. The molecule has 0 spiro atoms. The minimum absolute atomic E-state index is 0.686. The summed E-state index contributed by atoms with van der Waals surface area (Å²) < 4.78 is 5.23. The Labute approximate surface area is 212 Å². The van der Waals surface area contributed by atoms with Gasteiger partial charge < -0.3 is 15.1 Å². The van der Waals surface area contributed by atoms with E-state index in [4.69, 9.17) is 4.98 Å². The van der Waals surface area contributed by atoms with Crippen LogP contribution in [0, 0.1) is 0 Å². The van der Waals surface area contributed by atoms with E-state index in [-0.39, 0.29) is 0 Å². The van der Waals surface area contributed by atoms with Crippen molar-refractivity contribution >= 4 is 131 Å². The Kier molecular flexibility index (Phi) is 15.1. The van der Waals surface area contributed by atoms with Gasteiger partial charge in [0.15, 0.2) is 0 Å². The maximum Gasteiger partial charge on any atom is 0.232 e. The molecule has 6 nitrogen and oxygen atoms in total. The third kappa shape index (κ3) is 8.83. The fraction of sp³-hybridized carbons (Fsp3) is 0.769. The number of aromatic nitrogens is 3. The molecule has 11 heteroatoms. The highest BCUT2D eigenvalue weighted by atomic mass is 127. The number of halogens is 5. The second kappa shape index (κ2) is 15.0. The van der Waals surface area contributed by atoms with Crippen molar-refractivity contribution in [2.45, 2.75) is 0 Å². The maximum atomic E-state index is 4.79. The number of hydrogen-bond donors (Lipinski definition) is 1. The fourth-order valence-corrected chi connectivity index (χ4v) is 4.51. The highest BCUT2D eigenvalue weighted by molar-refractivity contribution is 14.1. The fourth-order valence-electron chi connectivity index (χ4n) is 1.91. The molecule has 0 saturated heterocycles. The van der Waals surface area contributed by atoms with Crippen LogP contribution < -0.4 is 15.1 Å². The summed E-state index contributed by atoms with van der Waals surface area (Å²) >= 11 is 12.0. The van der Waals surface area contributed by atoms with E-state index in [0.29, 0.717) is 5.95 Å². The maximum absolute atomic E-state index is 4.79. The largest absolute Gasteiger partial charge is 0.353 e. The number of nitrogens with one attached hydrogen (secondary N) is 1. The first-order valence-corrected chi connectivity index (χ1v) is 15.1. The van der Waals surface area contributed by atoms with Gasteiger partial charge in [0, 0.05) is 54.9 Å². The van der Waals surface area contributed by atoms with E-state index >= 15 is 0 Å². The summed E-state index contributed by atoms with van der Waals surface area (Å²) in [7, 11) is 0. The van der Waals surface area contributed by atoms with E-state index in [1.54, 1.807) is 0 Å². The molecule has 0 fully saturated rings.